The molecule has 12 heteroatoms. The first-order valence-corrected chi connectivity index (χ1v) is 12.5. The number of ketones is 1. The van der Waals surface area contributed by atoms with Crippen molar-refractivity contribution in [2.75, 3.05) is 20.1 Å². The van der Waals surface area contributed by atoms with Crippen LogP contribution in [0.15, 0.2) is 47.5 Å². The number of rotatable bonds is 4. The Hall–Kier alpha value is -3.15. The van der Waals surface area contributed by atoms with Crippen molar-refractivity contribution >= 4 is 57.3 Å². The Bertz CT molecular complexity index is 1470. The van der Waals surface area contributed by atoms with E-state index >= 15 is 0 Å². The number of hydrogen-bond acceptors (Lipinski definition) is 6. The summed E-state index contributed by atoms with van der Waals surface area (Å²) in [6, 6.07) is 7.96. The third kappa shape index (κ3) is 5.03. The molecule has 2 aliphatic rings. The van der Waals surface area contributed by atoms with E-state index in [2.05, 4.69) is 5.10 Å². The van der Waals surface area contributed by atoms with Crippen molar-refractivity contribution < 1.29 is 27.6 Å². The summed E-state index contributed by atoms with van der Waals surface area (Å²) in [5, 5.41) is 4.41. The fourth-order valence-electron chi connectivity index (χ4n) is 4.51. The summed E-state index contributed by atoms with van der Waals surface area (Å²) in [6.07, 6.45) is -1.18. The third-order valence-corrected chi connectivity index (χ3v) is 7.51. The molecule has 2 fully saturated rings. The minimum absolute atomic E-state index is 0.00433. The highest BCUT2D eigenvalue weighted by Crippen LogP contribution is 2.36. The minimum Gasteiger partial charge on any atom is -0.303 e. The lowest BCUT2D eigenvalue weighted by Gasteiger charge is -2.32. The number of alkyl halides is 3. The molecule has 0 N–H and O–H groups in total. The van der Waals surface area contributed by atoms with Gasteiger partial charge >= 0.3 is 6.18 Å². The average Bonchev–Trinajstić information content (AvgIpc) is 3.35. The van der Waals surface area contributed by atoms with Gasteiger partial charge in [-0.3, -0.25) is 24.0 Å². The number of thioether (sulfide) groups is 1. The number of aromatic nitrogens is 2. The largest absolute Gasteiger partial charge is 0.416 e. The number of Topliss-reactive ketones (excluding diaryl/α,β-unsaturated/α-hetero) is 1. The number of halogens is 4. The molecule has 0 saturated carbocycles. The Morgan fingerprint density at radius 1 is 1.16 bits per heavy atom. The van der Waals surface area contributed by atoms with Gasteiger partial charge in [-0.15, -0.1) is 0 Å². The molecule has 37 heavy (non-hydrogen) atoms. The van der Waals surface area contributed by atoms with Crippen LogP contribution in [0.2, 0.25) is 5.02 Å². The molecule has 2 amide bonds. The van der Waals surface area contributed by atoms with Crippen LogP contribution in [0.5, 0.6) is 0 Å². The molecule has 0 aliphatic carbocycles. The number of hydrogen-bond donors (Lipinski definition) is 0. The maximum atomic E-state index is 13.5. The lowest BCUT2D eigenvalue weighted by atomic mass is 10.0. The Morgan fingerprint density at radius 3 is 2.70 bits per heavy atom. The maximum Gasteiger partial charge on any atom is 0.416 e. The number of piperidine rings is 1. The molecule has 0 radical (unpaired) electrons. The summed E-state index contributed by atoms with van der Waals surface area (Å²) in [7, 11) is 1.83. The predicted molar refractivity (Wildman–Crippen MR) is 134 cm³/mol. The molecule has 2 aliphatic heterocycles. The van der Waals surface area contributed by atoms with Crippen LogP contribution in [0.25, 0.3) is 17.0 Å². The Balaban J connectivity index is 1.40. The monoisotopic (exact) mass is 548 g/mol. The van der Waals surface area contributed by atoms with Crippen LogP contribution in [-0.2, 0) is 22.3 Å². The molecule has 0 spiro atoms. The van der Waals surface area contributed by atoms with Crippen LogP contribution in [0.1, 0.15) is 23.1 Å². The molecule has 1 aromatic heterocycles. The normalized spacial score (nSPS) is 20.6. The van der Waals surface area contributed by atoms with Crippen LogP contribution in [-0.4, -0.2) is 62.7 Å². The van der Waals surface area contributed by atoms with E-state index in [1.807, 2.05) is 11.9 Å². The SMILES string of the molecule is CN1CCC(=O)C(N2C(=O)SC(=Cc3ccc4c(cnn4Cc4ccc(Cl)cc4C(F)(F)F)c3)C2=O)C1. The number of carbonyl (C=O) groups excluding carboxylic acids is 3. The van der Waals surface area contributed by atoms with Gasteiger partial charge in [-0.05, 0) is 60.3 Å². The minimum atomic E-state index is -4.56. The predicted octanol–water partition coefficient (Wildman–Crippen LogP) is 5.07. The molecule has 7 nitrogen and oxygen atoms in total. The van der Waals surface area contributed by atoms with Gasteiger partial charge in [-0.25, -0.2) is 0 Å². The lowest BCUT2D eigenvalue weighted by molar-refractivity contribution is -0.138. The number of likely N-dealkylation sites (N-methyl/N-ethyl adjacent to an activating group) is 1. The molecule has 192 valence electrons. The lowest BCUT2D eigenvalue weighted by Crippen LogP contribution is -2.53. The average molecular weight is 549 g/mol. The number of fused-ring (bicyclic) bond motifs is 1. The molecule has 1 atom stereocenters. The topological polar surface area (TPSA) is 75.5 Å². The van der Waals surface area contributed by atoms with Crippen molar-refractivity contribution in [1.29, 1.82) is 0 Å². The van der Waals surface area contributed by atoms with E-state index in [1.54, 1.807) is 24.3 Å². The van der Waals surface area contributed by atoms with Gasteiger partial charge in [-0.1, -0.05) is 23.7 Å². The Morgan fingerprint density at radius 2 is 1.95 bits per heavy atom. The van der Waals surface area contributed by atoms with Crippen molar-refractivity contribution in [3.63, 3.8) is 0 Å². The van der Waals surface area contributed by atoms with Gasteiger partial charge in [0.25, 0.3) is 11.1 Å². The first kappa shape index (κ1) is 25.5. The molecule has 2 aromatic carbocycles. The summed E-state index contributed by atoms with van der Waals surface area (Å²) in [5.41, 5.74) is 0.428. The van der Waals surface area contributed by atoms with Gasteiger partial charge in [0.1, 0.15) is 6.04 Å². The van der Waals surface area contributed by atoms with Crippen molar-refractivity contribution in [2.45, 2.75) is 25.2 Å². The maximum absolute atomic E-state index is 13.5. The highest BCUT2D eigenvalue weighted by atomic mass is 35.5. The number of nitrogens with zero attached hydrogens (tertiary/aromatic N) is 4. The summed E-state index contributed by atoms with van der Waals surface area (Å²) >= 11 is 6.56. The molecular formula is C25H20ClF3N4O3S. The first-order chi connectivity index (χ1) is 17.5. The zero-order chi connectivity index (χ0) is 26.5. The van der Waals surface area contributed by atoms with Crippen LogP contribution < -0.4 is 0 Å². The summed E-state index contributed by atoms with van der Waals surface area (Å²) in [5.74, 6) is -0.647. The van der Waals surface area contributed by atoms with Crippen molar-refractivity contribution in [2.24, 2.45) is 0 Å². The van der Waals surface area contributed by atoms with E-state index in [1.165, 1.54) is 23.0 Å². The van der Waals surface area contributed by atoms with E-state index in [4.69, 9.17) is 11.6 Å². The van der Waals surface area contributed by atoms with Crippen molar-refractivity contribution in [3.05, 3.63) is 69.2 Å². The number of imide groups is 1. The highest BCUT2D eigenvalue weighted by molar-refractivity contribution is 8.18. The molecular weight excluding hydrogens is 529 g/mol. The van der Waals surface area contributed by atoms with Crippen molar-refractivity contribution in [3.8, 4) is 0 Å². The van der Waals surface area contributed by atoms with Crippen LogP contribution in [0.4, 0.5) is 18.0 Å². The molecule has 0 bridgehead atoms. The first-order valence-electron chi connectivity index (χ1n) is 11.3. The van der Waals surface area contributed by atoms with Crippen LogP contribution in [0, 0.1) is 0 Å². The van der Waals surface area contributed by atoms with E-state index < -0.39 is 28.9 Å². The van der Waals surface area contributed by atoms with E-state index in [0.29, 0.717) is 29.6 Å². The van der Waals surface area contributed by atoms with Crippen LogP contribution >= 0.6 is 23.4 Å². The fraction of sp³-hybridized carbons (Fsp3) is 0.280. The number of benzene rings is 2. The van der Waals surface area contributed by atoms with E-state index in [9.17, 15) is 27.6 Å². The third-order valence-electron chi connectivity index (χ3n) is 6.39. The standard InChI is InChI=1S/C25H20ClF3N4O3S/c1-31-7-6-21(34)20(13-31)33-23(35)22(37-24(33)36)9-14-2-5-19-16(8-14)11-30-32(19)12-15-3-4-17(26)10-18(15)25(27,28)29/h2-5,8-11,20H,6-7,12-13H2,1H3. The second-order valence-electron chi connectivity index (χ2n) is 8.97. The van der Waals surface area contributed by atoms with Gasteiger partial charge in [0.15, 0.2) is 5.78 Å². The van der Waals surface area contributed by atoms with Gasteiger partial charge < -0.3 is 4.90 Å². The summed E-state index contributed by atoms with van der Waals surface area (Å²) in [6.45, 7) is 0.779. The Kier molecular flexibility index (Phi) is 6.63. The fourth-order valence-corrected chi connectivity index (χ4v) is 5.56. The number of likely N-dealkylation sites (tertiary alicyclic amines) is 1. The van der Waals surface area contributed by atoms with Gasteiger partial charge in [0, 0.05) is 29.9 Å². The Labute approximate surface area is 218 Å². The summed E-state index contributed by atoms with van der Waals surface area (Å²) in [4.78, 5) is 41.1. The number of amides is 2. The zero-order valence-electron chi connectivity index (χ0n) is 19.5. The van der Waals surface area contributed by atoms with E-state index in [0.717, 1.165) is 22.7 Å². The van der Waals surface area contributed by atoms with Gasteiger partial charge in [-0.2, -0.15) is 18.3 Å². The molecule has 3 heterocycles. The second-order valence-corrected chi connectivity index (χ2v) is 10.4. The van der Waals surface area contributed by atoms with Gasteiger partial charge in [0.2, 0.25) is 0 Å². The van der Waals surface area contributed by atoms with E-state index in [-0.39, 0.29) is 34.2 Å². The summed E-state index contributed by atoms with van der Waals surface area (Å²) < 4.78 is 41.9. The molecule has 2 saturated heterocycles. The van der Waals surface area contributed by atoms with Gasteiger partial charge in [0.05, 0.1) is 28.7 Å². The quantitative estimate of drug-likeness (QED) is 0.424. The highest BCUT2D eigenvalue weighted by Gasteiger charge is 2.44. The van der Waals surface area contributed by atoms with Crippen molar-refractivity contribution in [1.82, 2.24) is 19.6 Å². The molecule has 5 rings (SSSR count). The zero-order valence-corrected chi connectivity index (χ0v) is 21.0. The number of carbonyl (C=O) groups is 3. The smallest absolute Gasteiger partial charge is 0.303 e. The van der Waals surface area contributed by atoms with Crippen LogP contribution in [0.3, 0.4) is 0 Å². The second kappa shape index (κ2) is 9.62. The molecule has 3 aromatic rings. The molecule has 1 unspecified atom stereocenters.